The molecule has 0 saturated carbocycles. The van der Waals surface area contributed by atoms with Crippen molar-refractivity contribution < 1.29 is 9.53 Å². The first-order chi connectivity index (χ1) is 8.52. The minimum absolute atomic E-state index is 0.0158. The first kappa shape index (κ1) is 14.8. The van der Waals surface area contributed by atoms with Crippen molar-refractivity contribution in [1.29, 1.82) is 0 Å². The molecule has 0 aromatic heterocycles. The summed E-state index contributed by atoms with van der Waals surface area (Å²) in [6.45, 7) is 4.47. The molecule has 0 unspecified atom stereocenters. The molecule has 0 spiro atoms. The van der Waals surface area contributed by atoms with Gasteiger partial charge in [-0.25, -0.2) is 0 Å². The van der Waals surface area contributed by atoms with Crippen LogP contribution in [0.5, 0.6) is 5.75 Å². The maximum Gasteiger partial charge on any atom is 0.233 e. The van der Waals surface area contributed by atoms with Gasteiger partial charge in [-0.05, 0) is 38.0 Å². The zero-order valence-electron chi connectivity index (χ0n) is 10.7. The third-order valence-electron chi connectivity index (χ3n) is 2.28. The quantitative estimate of drug-likeness (QED) is 0.828. The molecular weight excluding hydrogens is 252 g/mol. The molecule has 0 heterocycles. The molecule has 0 aliphatic carbocycles. The second kappa shape index (κ2) is 7.24. The second-order valence-electron chi connectivity index (χ2n) is 4.24. The Morgan fingerprint density at radius 2 is 2.22 bits per heavy atom. The molecule has 0 bridgehead atoms. The van der Waals surface area contributed by atoms with E-state index in [1.807, 2.05) is 32.0 Å². The highest BCUT2D eigenvalue weighted by Gasteiger charge is 2.05. The van der Waals surface area contributed by atoms with E-state index in [1.54, 1.807) is 0 Å². The number of hydrogen-bond acceptors (Lipinski definition) is 3. The van der Waals surface area contributed by atoms with Gasteiger partial charge in [0.25, 0.3) is 0 Å². The van der Waals surface area contributed by atoms with E-state index in [9.17, 15) is 4.79 Å². The van der Waals surface area contributed by atoms with Gasteiger partial charge in [0.1, 0.15) is 5.75 Å². The summed E-state index contributed by atoms with van der Waals surface area (Å²) in [5, 5.41) is 3.30. The molecule has 4 nitrogen and oxygen atoms in total. The maximum atomic E-state index is 11.0. The number of hydrogen-bond donors (Lipinski definition) is 2. The highest BCUT2D eigenvalue weighted by molar-refractivity contribution is 6.32. The first-order valence-electron chi connectivity index (χ1n) is 5.94. The van der Waals surface area contributed by atoms with Gasteiger partial charge in [-0.2, -0.15) is 0 Å². The Morgan fingerprint density at radius 3 is 2.78 bits per heavy atom. The van der Waals surface area contributed by atoms with E-state index in [1.165, 1.54) is 0 Å². The molecule has 1 rings (SSSR count). The molecule has 18 heavy (non-hydrogen) atoms. The lowest BCUT2D eigenvalue weighted by atomic mass is 10.1. The minimum atomic E-state index is -0.152. The normalized spacial score (nSPS) is 10.5. The molecule has 1 amide bonds. The fourth-order valence-electron chi connectivity index (χ4n) is 1.47. The molecule has 0 atom stereocenters. The SMILES string of the molecule is CC(C)Oc1ccc(CCNC(=O)CN)cc1Cl. The zero-order chi connectivity index (χ0) is 13.5. The van der Waals surface area contributed by atoms with Gasteiger partial charge >= 0.3 is 0 Å². The molecule has 3 N–H and O–H groups in total. The average Bonchev–Trinajstić information content (AvgIpc) is 2.32. The van der Waals surface area contributed by atoms with Crippen LogP contribution in [0.15, 0.2) is 18.2 Å². The monoisotopic (exact) mass is 270 g/mol. The Hall–Kier alpha value is -1.26. The maximum absolute atomic E-state index is 11.0. The van der Waals surface area contributed by atoms with Gasteiger partial charge in [0.15, 0.2) is 0 Å². The Kier molecular flexibility index (Phi) is 5.95. The number of amides is 1. The van der Waals surface area contributed by atoms with Crippen molar-refractivity contribution in [3.63, 3.8) is 0 Å². The van der Waals surface area contributed by atoms with Gasteiger partial charge in [-0.15, -0.1) is 0 Å². The standard InChI is InChI=1S/C13H19ClN2O2/c1-9(2)18-12-4-3-10(7-11(12)14)5-6-16-13(17)8-15/h3-4,7,9H,5-6,8,15H2,1-2H3,(H,16,17). The van der Waals surface area contributed by atoms with Crippen LogP contribution in [0.2, 0.25) is 5.02 Å². The van der Waals surface area contributed by atoms with E-state index in [-0.39, 0.29) is 18.6 Å². The summed E-state index contributed by atoms with van der Waals surface area (Å²) in [7, 11) is 0. The number of ether oxygens (including phenoxy) is 1. The van der Waals surface area contributed by atoms with Crippen LogP contribution in [0.1, 0.15) is 19.4 Å². The zero-order valence-corrected chi connectivity index (χ0v) is 11.5. The summed E-state index contributed by atoms with van der Waals surface area (Å²) in [5.41, 5.74) is 6.24. The molecular formula is C13H19ClN2O2. The van der Waals surface area contributed by atoms with Crippen LogP contribution in [0.4, 0.5) is 0 Å². The van der Waals surface area contributed by atoms with E-state index in [2.05, 4.69) is 5.32 Å². The number of rotatable bonds is 6. The second-order valence-corrected chi connectivity index (χ2v) is 4.64. The average molecular weight is 271 g/mol. The van der Waals surface area contributed by atoms with Crippen LogP contribution in [0, 0.1) is 0 Å². The van der Waals surface area contributed by atoms with Crippen LogP contribution in [-0.2, 0) is 11.2 Å². The van der Waals surface area contributed by atoms with E-state index in [0.717, 1.165) is 5.56 Å². The van der Waals surface area contributed by atoms with E-state index in [4.69, 9.17) is 22.1 Å². The Labute approximate surface area is 112 Å². The summed E-state index contributed by atoms with van der Waals surface area (Å²) in [5.74, 6) is 0.530. The molecule has 0 aliphatic heterocycles. The van der Waals surface area contributed by atoms with Crippen LogP contribution >= 0.6 is 11.6 Å². The third-order valence-corrected chi connectivity index (χ3v) is 2.58. The predicted octanol–water partition coefficient (Wildman–Crippen LogP) is 1.74. The molecule has 100 valence electrons. The van der Waals surface area contributed by atoms with E-state index < -0.39 is 0 Å². The number of nitrogens with two attached hydrogens (primary N) is 1. The summed E-state index contributed by atoms with van der Waals surface area (Å²) < 4.78 is 5.54. The van der Waals surface area contributed by atoms with Crippen LogP contribution in [0.25, 0.3) is 0 Å². The minimum Gasteiger partial charge on any atom is -0.489 e. The highest BCUT2D eigenvalue weighted by atomic mass is 35.5. The molecule has 0 fully saturated rings. The van der Waals surface area contributed by atoms with Crippen molar-refractivity contribution in [2.45, 2.75) is 26.4 Å². The van der Waals surface area contributed by atoms with Gasteiger partial charge in [0.05, 0.1) is 17.7 Å². The summed E-state index contributed by atoms with van der Waals surface area (Å²) in [6, 6.07) is 5.65. The Bertz CT molecular complexity index is 408. The van der Waals surface area contributed by atoms with Crippen molar-refractivity contribution in [2.75, 3.05) is 13.1 Å². The van der Waals surface area contributed by atoms with Crippen LogP contribution in [0.3, 0.4) is 0 Å². The van der Waals surface area contributed by atoms with Gasteiger partial charge in [-0.1, -0.05) is 17.7 Å². The number of nitrogens with one attached hydrogen (secondary N) is 1. The molecule has 1 aromatic rings. The third kappa shape index (κ3) is 4.94. The number of benzene rings is 1. The predicted molar refractivity (Wildman–Crippen MR) is 73.0 cm³/mol. The van der Waals surface area contributed by atoms with E-state index in [0.29, 0.717) is 23.7 Å². The van der Waals surface area contributed by atoms with Gasteiger partial charge in [0, 0.05) is 6.54 Å². The fraction of sp³-hybridized carbons (Fsp3) is 0.462. The van der Waals surface area contributed by atoms with E-state index >= 15 is 0 Å². The van der Waals surface area contributed by atoms with Crippen LogP contribution < -0.4 is 15.8 Å². The highest BCUT2D eigenvalue weighted by Crippen LogP contribution is 2.26. The molecule has 0 aliphatic rings. The summed E-state index contributed by atoms with van der Waals surface area (Å²) in [6.07, 6.45) is 0.810. The number of halogens is 1. The fourth-order valence-corrected chi connectivity index (χ4v) is 1.72. The lowest BCUT2D eigenvalue weighted by molar-refractivity contribution is -0.119. The summed E-state index contributed by atoms with van der Waals surface area (Å²) in [4.78, 5) is 11.0. The van der Waals surface area contributed by atoms with Crippen molar-refractivity contribution in [3.8, 4) is 5.75 Å². The smallest absolute Gasteiger partial charge is 0.233 e. The largest absolute Gasteiger partial charge is 0.489 e. The molecule has 5 heteroatoms. The lowest BCUT2D eigenvalue weighted by Crippen LogP contribution is -2.31. The number of carbonyl (C=O) groups is 1. The number of carbonyl (C=O) groups excluding carboxylic acids is 1. The molecule has 1 aromatic carbocycles. The van der Waals surface area contributed by atoms with Gasteiger partial charge in [0.2, 0.25) is 5.91 Å². The molecule has 0 saturated heterocycles. The molecule has 0 radical (unpaired) electrons. The van der Waals surface area contributed by atoms with Gasteiger partial charge < -0.3 is 15.8 Å². The van der Waals surface area contributed by atoms with Crippen molar-refractivity contribution in [1.82, 2.24) is 5.32 Å². The topological polar surface area (TPSA) is 64.3 Å². The Balaban J connectivity index is 2.53. The van der Waals surface area contributed by atoms with Crippen molar-refractivity contribution in [3.05, 3.63) is 28.8 Å². The van der Waals surface area contributed by atoms with Crippen molar-refractivity contribution >= 4 is 17.5 Å². The Morgan fingerprint density at radius 1 is 1.50 bits per heavy atom. The van der Waals surface area contributed by atoms with Gasteiger partial charge in [-0.3, -0.25) is 4.79 Å². The van der Waals surface area contributed by atoms with Crippen molar-refractivity contribution in [2.24, 2.45) is 5.73 Å². The lowest BCUT2D eigenvalue weighted by Gasteiger charge is -2.12. The van der Waals surface area contributed by atoms with Crippen LogP contribution in [-0.4, -0.2) is 25.1 Å². The summed E-state index contributed by atoms with van der Waals surface area (Å²) >= 11 is 6.11. The first-order valence-corrected chi connectivity index (χ1v) is 6.32.